The predicted octanol–water partition coefficient (Wildman–Crippen LogP) is 3.68. The van der Waals surface area contributed by atoms with E-state index in [4.69, 9.17) is 10.5 Å². The van der Waals surface area contributed by atoms with Crippen LogP contribution < -0.4 is 10.5 Å². The highest BCUT2D eigenvalue weighted by atomic mass is 35.5. The van der Waals surface area contributed by atoms with Crippen LogP contribution in [0.5, 0.6) is 5.75 Å². The molecule has 0 saturated heterocycles. The van der Waals surface area contributed by atoms with Gasteiger partial charge in [0.2, 0.25) is 0 Å². The van der Waals surface area contributed by atoms with Crippen LogP contribution in [0.15, 0.2) is 42.5 Å². The van der Waals surface area contributed by atoms with Crippen LogP contribution in [0, 0.1) is 13.8 Å². The summed E-state index contributed by atoms with van der Waals surface area (Å²) in [6.07, 6.45) is -0.570. The lowest BCUT2D eigenvalue weighted by molar-refractivity contribution is 0.164. The second kappa shape index (κ2) is 8.18. The fourth-order valence-corrected chi connectivity index (χ4v) is 2.41. The Morgan fingerprint density at radius 1 is 1.09 bits per heavy atom. The van der Waals surface area contributed by atoms with Gasteiger partial charge in [-0.25, -0.2) is 0 Å². The Bertz CT molecular complexity index is 576. The predicted molar refractivity (Wildman–Crippen MR) is 92.5 cm³/mol. The minimum Gasteiger partial charge on any atom is -0.488 e. The zero-order valence-electron chi connectivity index (χ0n) is 13.2. The molecule has 2 aromatic carbocycles. The molecular formula is C18H24ClNO2. The first-order valence-corrected chi connectivity index (χ1v) is 7.20. The minimum atomic E-state index is -0.570. The lowest BCUT2D eigenvalue weighted by Crippen LogP contribution is -2.23. The number of halogens is 1. The molecule has 0 saturated carbocycles. The fourth-order valence-electron chi connectivity index (χ4n) is 2.41. The molecule has 0 fully saturated rings. The van der Waals surface area contributed by atoms with Crippen LogP contribution in [-0.2, 0) is 6.61 Å². The number of hydrogen-bond acceptors (Lipinski definition) is 3. The van der Waals surface area contributed by atoms with Gasteiger partial charge in [-0.15, -0.1) is 12.4 Å². The van der Waals surface area contributed by atoms with Gasteiger partial charge >= 0.3 is 0 Å². The van der Waals surface area contributed by atoms with E-state index >= 15 is 0 Å². The molecule has 3 nitrogen and oxygen atoms in total. The molecule has 2 rings (SSSR count). The molecule has 2 aromatic rings. The monoisotopic (exact) mass is 321 g/mol. The average Bonchev–Trinajstić information content (AvgIpc) is 2.46. The maximum atomic E-state index is 9.62. The number of nitrogens with two attached hydrogens (primary N) is 1. The van der Waals surface area contributed by atoms with E-state index in [0.717, 1.165) is 28.0 Å². The van der Waals surface area contributed by atoms with Crippen molar-refractivity contribution in [3.63, 3.8) is 0 Å². The van der Waals surface area contributed by atoms with Gasteiger partial charge in [0.1, 0.15) is 12.4 Å². The van der Waals surface area contributed by atoms with Gasteiger partial charge in [0, 0.05) is 0 Å². The Morgan fingerprint density at radius 3 is 2.14 bits per heavy atom. The molecule has 3 N–H and O–H groups in total. The smallest absolute Gasteiger partial charge is 0.125 e. The number of benzene rings is 2. The van der Waals surface area contributed by atoms with Gasteiger partial charge in [-0.3, -0.25) is 0 Å². The maximum Gasteiger partial charge on any atom is 0.125 e. The SMILES string of the molecule is Cc1cc([C@@H](N)[C@H](C)O)cc(C)c1OCc1ccccc1.Cl. The lowest BCUT2D eigenvalue weighted by atomic mass is 9.98. The van der Waals surface area contributed by atoms with Gasteiger partial charge in [-0.05, 0) is 43.0 Å². The normalized spacial score (nSPS) is 13.1. The topological polar surface area (TPSA) is 55.5 Å². The second-order valence-corrected chi connectivity index (χ2v) is 5.52. The summed E-state index contributed by atoms with van der Waals surface area (Å²) in [6, 6.07) is 13.7. The first-order valence-electron chi connectivity index (χ1n) is 7.20. The quantitative estimate of drug-likeness (QED) is 0.883. The summed E-state index contributed by atoms with van der Waals surface area (Å²) >= 11 is 0. The third-order valence-electron chi connectivity index (χ3n) is 3.61. The van der Waals surface area contributed by atoms with Crippen molar-refractivity contribution in [3.05, 3.63) is 64.7 Å². The summed E-state index contributed by atoms with van der Waals surface area (Å²) < 4.78 is 5.95. The van der Waals surface area contributed by atoms with Crippen LogP contribution in [0.4, 0.5) is 0 Å². The van der Waals surface area contributed by atoms with Gasteiger partial charge in [0.15, 0.2) is 0 Å². The van der Waals surface area contributed by atoms with Gasteiger partial charge in [-0.1, -0.05) is 42.5 Å². The van der Waals surface area contributed by atoms with Gasteiger partial charge in [-0.2, -0.15) is 0 Å². The summed E-state index contributed by atoms with van der Waals surface area (Å²) in [5.41, 5.74) is 10.2. The summed E-state index contributed by atoms with van der Waals surface area (Å²) in [6.45, 7) is 6.26. The highest BCUT2D eigenvalue weighted by Gasteiger charge is 2.15. The molecule has 120 valence electrons. The Morgan fingerprint density at radius 2 is 1.64 bits per heavy atom. The number of ether oxygens (including phenoxy) is 1. The van der Waals surface area contributed by atoms with E-state index in [1.807, 2.05) is 56.3 Å². The molecule has 0 unspecified atom stereocenters. The van der Waals surface area contributed by atoms with Crippen molar-refractivity contribution in [2.24, 2.45) is 5.73 Å². The van der Waals surface area contributed by atoms with Crippen LogP contribution in [0.3, 0.4) is 0 Å². The van der Waals surface area contributed by atoms with E-state index in [2.05, 4.69) is 0 Å². The van der Waals surface area contributed by atoms with E-state index in [9.17, 15) is 5.11 Å². The minimum absolute atomic E-state index is 0. The molecule has 0 radical (unpaired) electrons. The van der Waals surface area contributed by atoms with Crippen LogP contribution in [0.25, 0.3) is 0 Å². The Hall–Kier alpha value is -1.55. The van der Waals surface area contributed by atoms with E-state index in [0.29, 0.717) is 6.61 Å². The van der Waals surface area contributed by atoms with E-state index in [1.165, 1.54) is 0 Å². The highest BCUT2D eigenvalue weighted by Crippen LogP contribution is 2.28. The van der Waals surface area contributed by atoms with E-state index in [1.54, 1.807) is 6.92 Å². The number of aliphatic hydroxyl groups is 1. The lowest BCUT2D eigenvalue weighted by Gasteiger charge is -2.19. The van der Waals surface area contributed by atoms with Crippen LogP contribution >= 0.6 is 12.4 Å². The Balaban J connectivity index is 0.00000242. The molecule has 0 aliphatic heterocycles. The van der Waals surface area contributed by atoms with Crippen LogP contribution in [0.1, 0.15) is 35.2 Å². The third-order valence-corrected chi connectivity index (χ3v) is 3.61. The van der Waals surface area contributed by atoms with Crippen molar-refractivity contribution >= 4 is 12.4 Å². The summed E-state index contributed by atoms with van der Waals surface area (Å²) in [5.74, 6) is 0.889. The number of aliphatic hydroxyl groups excluding tert-OH is 1. The molecule has 0 aliphatic rings. The first kappa shape index (κ1) is 18.5. The van der Waals surface area contributed by atoms with E-state index in [-0.39, 0.29) is 18.4 Å². The number of hydrogen-bond donors (Lipinski definition) is 2. The first-order chi connectivity index (χ1) is 9.99. The molecule has 0 amide bonds. The molecule has 0 aliphatic carbocycles. The van der Waals surface area contributed by atoms with Gasteiger partial charge < -0.3 is 15.6 Å². The fraction of sp³-hybridized carbons (Fsp3) is 0.333. The molecular weight excluding hydrogens is 298 g/mol. The van der Waals surface area contributed by atoms with Crippen molar-refractivity contribution in [1.29, 1.82) is 0 Å². The maximum absolute atomic E-state index is 9.62. The van der Waals surface area contributed by atoms with Crippen molar-refractivity contribution in [1.82, 2.24) is 0 Å². The highest BCUT2D eigenvalue weighted by molar-refractivity contribution is 5.85. The third kappa shape index (κ3) is 4.47. The average molecular weight is 322 g/mol. The molecule has 0 bridgehead atoms. The molecule has 0 spiro atoms. The van der Waals surface area contributed by atoms with Gasteiger partial charge in [0.05, 0.1) is 12.1 Å². The molecule has 0 heterocycles. The van der Waals surface area contributed by atoms with Crippen molar-refractivity contribution < 1.29 is 9.84 Å². The molecule has 0 aromatic heterocycles. The summed E-state index contributed by atoms with van der Waals surface area (Å²) in [5, 5.41) is 9.62. The molecule has 22 heavy (non-hydrogen) atoms. The summed E-state index contributed by atoms with van der Waals surface area (Å²) in [7, 11) is 0. The van der Waals surface area contributed by atoms with Crippen LogP contribution in [-0.4, -0.2) is 11.2 Å². The zero-order valence-corrected chi connectivity index (χ0v) is 14.1. The van der Waals surface area contributed by atoms with Crippen molar-refractivity contribution in [2.45, 2.75) is 39.5 Å². The standard InChI is InChI=1S/C18H23NO2.ClH/c1-12-9-16(17(19)14(3)20)10-13(2)18(12)21-11-15-7-5-4-6-8-15;/h4-10,14,17,20H,11,19H2,1-3H3;1H/t14-,17-;/m0./s1. The van der Waals surface area contributed by atoms with Gasteiger partial charge in [0.25, 0.3) is 0 Å². The Kier molecular flexibility index (Phi) is 6.88. The second-order valence-electron chi connectivity index (χ2n) is 5.52. The molecule has 4 heteroatoms. The summed E-state index contributed by atoms with van der Waals surface area (Å²) in [4.78, 5) is 0. The van der Waals surface area contributed by atoms with Crippen LogP contribution in [0.2, 0.25) is 0 Å². The van der Waals surface area contributed by atoms with E-state index < -0.39 is 6.10 Å². The number of rotatable bonds is 5. The largest absolute Gasteiger partial charge is 0.488 e. The number of aryl methyl sites for hydroxylation is 2. The Labute approximate surface area is 138 Å². The van der Waals surface area contributed by atoms with Crippen molar-refractivity contribution in [3.8, 4) is 5.75 Å². The van der Waals surface area contributed by atoms with Crippen molar-refractivity contribution in [2.75, 3.05) is 0 Å². The zero-order chi connectivity index (χ0) is 15.4. The molecule has 2 atom stereocenters.